The van der Waals surface area contributed by atoms with Crippen LogP contribution in [0.1, 0.15) is 65.7 Å². The van der Waals surface area contributed by atoms with Gasteiger partial charge in [-0.25, -0.2) is 13.1 Å². The summed E-state index contributed by atoms with van der Waals surface area (Å²) in [4.78, 5) is 0. The second kappa shape index (κ2) is 7.76. The molecule has 0 aromatic carbocycles. The van der Waals surface area contributed by atoms with Crippen LogP contribution in [0.5, 0.6) is 0 Å². The fraction of sp³-hybridized carbons (Fsp3) is 0.938. The minimum atomic E-state index is -3.36. The summed E-state index contributed by atoms with van der Waals surface area (Å²) in [6.07, 6.45) is 4.61. The van der Waals surface area contributed by atoms with Crippen LogP contribution in [0.3, 0.4) is 0 Å². The fourth-order valence-corrected chi connectivity index (χ4v) is 4.23. The SMILES string of the molecule is CC(C)(C)C1CCC(O)(CNS(=O)(=O)CCCCC#N)CC1. The number of nitriles is 1. The number of sulfonamides is 1. The Morgan fingerprint density at radius 1 is 1.27 bits per heavy atom. The molecule has 5 nitrogen and oxygen atoms in total. The lowest BCUT2D eigenvalue weighted by atomic mass is 9.68. The predicted molar refractivity (Wildman–Crippen MR) is 87.6 cm³/mol. The van der Waals surface area contributed by atoms with E-state index in [2.05, 4.69) is 25.5 Å². The summed E-state index contributed by atoms with van der Waals surface area (Å²) in [5.41, 5.74) is -0.678. The molecule has 0 aromatic rings. The number of unbranched alkanes of at least 4 members (excludes halogenated alkanes) is 2. The van der Waals surface area contributed by atoms with Crippen LogP contribution in [-0.2, 0) is 10.0 Å². The summed E-state index contributed by atoms with van der Waals surface area (Å²) in [7, 11) is -3.36. The molecular weight excluding hydrogens is 300 g/mol. The molecule has 1 rings (SSSR count). The van der Waals surface area contributed by atoms with E-state index in [9.17, 15) is 13.5 Å². The maximum atomic E-state index is 11.9. The molecule has 0 aliphatic heterocycles. The number of aliphatic hydroxyl groups is 1. The quantitative estimate of drug-likeness (QED) is 0.702. The molecule has 128 valence electrons. The molecular formula is C16H30N2O3S. The maximum absolute atomic E-state index is 11.9. The van der Waals surface area contributed by atoms with E-state index in [1.807, 2.05) is 6.07 Å². The Labute approximate surface area is 135 Å². The highest BCUT2D eigenvalue weighted by Crippen LogP contribution is 2.41. The van der Waals surface area contributed by atoms with Gasteiger partial charge in [-0.2, -0.15) is 5.26 Å². The van der Waals surface area contributed by atoms with Gasteiger partial charge in [0.1, 0.15) is 0 Å². The van der Waals surface area contributed by atoms with Crippen molar-refractivity contribution in [3.8, 4) is 6.07 Å². The smallest absolute Gasteiger partial charge is 0.211 e. The zero-order valence-electron chi connectivity index (χ0n) is 14.1. The first kappa shape index (κ1) is 19.4. The maximum Gasteiger partial charge on any atom is 0.211 e. The number of nitrogens with zero attached hydrogens (tertiary/aromatic N) is 1. The lowest BCUT2D eigenvalue weighted by Gasteiger charge is -2.41. The predicted octanol–water partition coefficient (Wildman–Crippen LogP) is 2.57. The summed E-state index contributed by atoms with van der Waals surface area (Å²) in [6, 6.07) is 2.00. The molecule has 0 bridgehead atoms. The van der Waals surface area contributed by atoms with Crippen LogP contribution >= 0.6 is 0 Å². The van der Waals surface area contributed by atoms with Gasteiger partial charge >= 0.3 is 0 Å². The highest BCUT2D eigenvalue weighted by atomic mass is 32.2. The molecule has 1 aliphatic carbocycles. The second-order valence-electron chi connectivity index (χ2n) is 7.62. The molecule has 22 heavy (non-hydrogen) atoms. The monoisotopic (exact) mass is 330 g/mol. The van der Waals surface area contributed by atoms with Crippen LogP contribution in [0, 0.1) is 22.7 Å². The van der Waals surface area contributed by atoms with Crippen molar-refractivity contribution >= 4 is 10.0 Å². The Morgan fingerprint density at radius 2 is 1.86 bits per heavy atom. The van der Waals surface area contributed by atoms with Crippen molar-refractivity contribution < 1.29 is 13.5 Å². The van der Waals surface area contributed by atoms with Gasteiger partial charge in [0.05, 0.1) is 17.4 Å². The molecule has 1 aliphatic rings. The van der Waals surface area contributed by atoms with Crippen molar-refractivity contribution in [2.45, 2.75) is 71.3 Å². The lowest BCUT2D eigenvalue weighted by Crippen LogP contribution is -2.46. The highest BCUT2D eigenvalue weighted by Gasteiger charge is 2.37. The van der Waals surface area contributed by atoms with E-state index in [0.717, 1.165) is 12.8 Å². The van der Waals surface area contributed by atoms with Gasteiger partial charge in [0.2, 0.25) is 10.0 Å². The number of hydrogen-bond acceptors (Lipinski definition) is 4. The molecule has 2 N–H and O–H groups in total. The van der Waals surface area contributed by atoms with Crippen molar-refractivity contribution in [2.24, 2.45) is 11.3 Å². The molecule has 0 atom stereocenters. The third-order valence-electron chi connectivity index (χ3n) is 4.71. The summed E-state index contributed by atoms with van der Waals surface area (Å²) in [6.45, 7) is 6.74. The van der Waals surface area contributed by atoms with Crippen LogP contribution in [0.4, 0.5) is 0 Å². The molecule has 6 heteroatoms. The van der Waals surface area contributed by atoms with E-state index in [1.54, 1.807) is 0 Å². The number of hydrogen-bond donors (Lipinski definition) is 2. The Hall–Kier alpha value is -0.640. The fourth-order valence-electron chi connectivity index (χ4n) is 3.01. The summed E-state index contributed by atoms with van der Waals surface area (Å²) in [5.74, 6) is 0.602. The van der Waals surface area contributed by atoms with Gasteiger partial charge in [-0.15, -0.1) is 0 Å². The topological polar surface area (TPSA) is 90.2 Å². The van der Waals surface area contributed by atoms with Crippen molar-refractivity contribution in [3.63, 3.8) is 0 Å². The van der Waals surface area contributed by atoms with Gasteiger partial charge in [0.15, 0.2) is 0 Å². The van der Waals surface area contributed by atoms with Crippen molar-refractivity contribution in [2.75, 3.05) is 12.3 Å². The third-order valence-corrected chi connectivity index (χ3v) is 6.12. The van der Waals surface area contributed by atoms with E-state index in [0.29, 0.717) is 38.0 Å². The van der Waals surface area contributed by atoms with E-state index in [-0.39, 0.29) is 17.7 Å². The first-order valence-corrected chi connectivity index (χ1v) is 9.80. The lowest BCUT2D eigenvalue weighted by molar-refractivity contribution is -0.0201. The van der Waals surface area contributed by atoms with E-state index in [1.165, 1.54) is 0 Å². The largest absolute Gasteiger partial charge is 0.389 e. The molecule has 0 unspecified atom stereocenters. The number of nitrogens with one attached hydrogen (secondary N) is 1. The Bertz CT molecular complexity index is 481. The zero-order valence-corrected chi connectivity index (χ0v) is 14.9. The Balaban J connectivity index is 2.39. The second-order valence-corrected chi connectivity index (χ2v) is 9.55. The van der Waals surface area contributed by atoms with Crippen LogP contribution < -0.4 is 4.72 Å². The summed E-state index contributed by atoms with van der Waals surface area (Å²) < 4.78 is 26.3. The normalized spacial score (nSPS) is 26.6. The van der Waals surface area contributed by atoms with Crippen LogP contribution in [0.2, 0.25) is 0 Å². The van der Waals surface area contributed by atoms with Crippen LogP contribution in [-0.4, -0.2) is 31.4 Å². The molecule has 1 saturated carbocycles. The van der Waals surface area contributed by atoms with Crippen LogP contribution in [0.15, 0.2) is 0 Å². The van der Waals surface area contributed by atoms with Crippen molar-refractivity contribution in [1.82, 2.24) is 4.72 Å². The van der Waals surface area contributed by atoms with Crippen molar-refractivity contribution in [3.05, 3.63) is 0 Å². The average molecular weight is 330 g/mol. The summed E-state index contributed by atoms with van der Waals surface area (Å²) >= 11 is 0. The van der Waals surface area contributed by atoms with E-state index in [4.69, 9.17) is 5.26 Å². The molecule has 0 spiro atoms. The molecule has 1 fully saturated rings. The molecule has 0 aromatic heterocycles. The third kappa shape index (κ3) is 6.64. The van der Waals surface area contributed by atoms with E-state index >= 15 is 0 Å². The average Bonchev–Trinajstić information content (AvgIpc) is 2.41. The standard InChI is InChI=1S/C16H30N2O3S/c1-15(2,3)14-7-9-16(19,10-8-14)13-18-22(20,21)12-6-4-5-11-17/h14,18-19H,4-10,12-13H2,1-3H3. The van der Waals surface area contributed by atoms with Crippen LogP contribution in [0.25, 0.3) is 0 Å². The Morgan fingerprint density at radius 3 is 2.36 bits per heavy atom. The van der Waals surface area contributed by atoms with Gasteiger partial charge in [-0.3, -0.25) is 0 Å². The zero-order chi connectivity index (χ0) is 16.9. The van der Waals surface area contributed by atoms with E-state index < -0.39 is 15.6 Å². The first-order valence-electron chi connectivity index (χ1n) is 8.15. The summed E-state index contributed by atoms with van der Waals surface area (Å²) in [5, 5.41) is 19.0. The van der Waals surface area contributed by atoms with Gasteiger partial charge < -0.3 is 5.11 Å². The van der Waals surface area contributed by atoms with Gasteiger partial charge in [-0.05, 0) is 49.9 Å². The number of rotatable bonds is 7. The minimum Gasteiger partial charge on any atom is -0.389 e. The minimum absolute atomic E-state index is 0.0232. The Kier molecular flexibility index (Phi) is 6.84. The molecule has 0 radical (unpaired) electrons. The highest BCUT2D eigenvalue weighted by molar-refractivity contribution is 7.89. The van der Waals surface area contributed by atoms with Crippen molar-refractivity contribution in [1.29, 1.82) is 5.26 Å². The van der Waals surface area contributed by atoms with Gasteiger partial charge in [-0.1, -0.05) is 20.8 Å². The van der Waals surface area contributed by atoms with Gasteiger partial charge in [0, 0.05) is 13.0 Å². The molecule has 0 amide bonds. The molecule has 0 saturated heterocycles. The first-order chi connectivity index (χ1) is 10.1. The van der Waals surface area contributed by atoms with Gasteiger partial charge in [0.25, 0.3) is 0 Å². The molecule has 0 heterocycles.